The molecule has 153 valence electrons. The van der Waals surface area contributed by atoms with Crippen LogP contribution in [-0.2, 0) is 14.7 Å². The van der Waals surface area contributed by atoms with Crippen molar-refractivity contribution in [3.05, 3.63) is 57.9 Å². The van der Waals surface area contributed by atoms with Crippen molar-refractivity contribution in [1.82, 2.24) is 0 Å². The molecule has 7 heteroatoms. The van der Waals surface area contributed by atoms with E-state index in [2.05, 4.69) is 10.2 Å². The summed E-state index contributed by atoms with van der Waals surface area (Å²) in [5, 5.41) is -1.81. The van der Waals surface area contributed by atoms with E-state index in [1.165, 1.54) is 12.1 Å². The molecule has 0 aromatic heterocycles. The summed E-state index contributed by atoms with van der Waals surface area (Å²) < 4.78 is 50.2. The van der Waals surface area contributed by atoms with Crippen LogP contribution in [0, 0.1) is 31.3 Å². The smallest absolute Gasteiger partial charge is 0.307 e. The van der Waals surface area contributed by atoms with Crippen LogP contribution in [0.25, 0.3) is 11.1 Å². The molecule has 1 aliphatic carbocycles. The zero-order valence-corrected chi connectivity index (χ0v) is 17.7. The van der Waals surface area contributed by atoms with Gasteiger partial charge in [-0.2, -0.15) is 0 Å². The second kappa shape index (κ2) is 7.95. The molecular formula is C22H23F3NO2Si. The van der Waals surface area contributed by atoms with Gasteiger partial charge >= 0.3 is 5.97 Å². The molecule has 2 N–H and O–H groups in total. The standard InChI is InChI=1S/C22H23F3NO2Si/c1-4-28-17(27)10-22(26,29)19-20(24)14(13-6-7-13)9-15(21(19)25)18-11(2)5-8-16(23)12(18)3/h5,8-9,13H,4,6-7,10,26H2,1-3H3. The van der Waals surface area contributed by atoms with Crippen LogP contribution in [0.2, 0.25) is 0 Å². The van der Waals surface area contributed by atoms with Gasteiger partial charge in [-0.25, -0.2) is 13.2 Å². The molecule has 1 aliphatic rings. The molecule has 0 bridgehead atoms. The van der Waals surface area contributed by atoms with Crippen molar-refractivity contribution in [2.45, 2.75) is 51.1 Å². The maximum absolute atomic E-state index is 15.7. The van der Waals surface area contributed by atoms with Gasteiger partial charge in [0.2, 0.25) is 0 Å². The molecule has 0 heterocycles. The maximum atomic E-state index is 15.7. The van der Waals surface area contributed by atoms with Crippen LogP contribution in [0.3, 0.4) is 0 Å². The van der Waals surface area contributed by atoms with Crippen LogP contribution in [0.5, 0.6) is 0 Å². The fraction of sp³-hybridized carbons (Fsp3) is 0.409. The molecule has 0 amide bonds. The van der Waals surface area contributed by atoms with Crippen LogP contribution in [0.4, 0.5) is 13.2 Å². The zero-order valence-electron chi connectivity index (χ0n) is 16.7. The summed E-state index contributed by atoms with van der Waals surface area (Å²) in [5.41, 5.74) is 7.43. The number of aryl methyl sites for hydroxylation is 1. The lowest BCUT2D eigenvalue weighted by molar-refractivity contribution is -0.143. The maximum Gasteiger partial charge on any atom is 0.307 e. The SMILES string of the molecule is CCOC(=O)CC(N)([Si])c1c(F)c(-c2c(C)ccc(F)c2C)cc(C2CC2)c1F. The molecule has 3 radical (unpaired) electrons. The second-order valence-corrected chi connectivity index (χ2v) is 8.50. The first-order valence-corrected chi connectivity index (χ1v) is 10.1. The van der Waals surface area contributed by atoms with Crippen LogP contribution >= 0.6 is 0 Å². The lowest BCUT2D eigenvalue weighted by atomic mass is 9.88. The van der Waals surface area contributed by atoms with Crippen molar-refractivity contribution in [2.75, 3.05) is 6.61 Å². The highest BCUT2D eigenvalue weighted by molar-refractivity contribution is 6.17. The van der Waals surface area contributed by atoms with Crippen molar-refractivity contribution in [2.24, 2.45) is 5.73 Å². The van der Waals surface area contributed by atoms with E-state index in [1.807, 2.05) is 0 Å². The number of halogens is 3. The molecule has 1 saturated carbocycles. The minimum atomic E-state index is -1.81. The number of ether oxygens (including phenoxy) is 1. The fourth-order valence-corrected chi connectivity index (χ4v) is 4.05. The molecule has 3 rings (SSSR count). The molecule has 1 fully saturated rings. The van der Waals surface area contributed by atoms with E-state index in [1.54, 1.807) is 26.8 Å². The Morgan fingerprint density at radius 1 is 1.24 bits per heavy atom. The summed E-state index contributed by atoms with van der Waals surface area (Å²) in [6.45, 7) is 5.05. The highest BCUT2D eigenvalue weighted by Crippen LogP contribution is 2.46. The van der Waals surface area contributed by atoms with Crippen molar-refractivity contribution in [3.63, 3.8) is 0 Å². The van der Waals surface area contributed by atoms with Gasteiger partial charge in [0.15, 0.2) is 0 Å². The Labute approximate surface area is 171 Å². The van der Waals surface area contributed by atoms with E-state index in [-0.39, 0.29) is 23.7 Å². The largest absolute Gasteiger partial charge is 0.466 e. The first-order valence-electron chi connectivity index (χ1n) is 9.56. The average Bonchev–Trinajstić information content (AvgIpc) is 3.44. The Balaban J connectivity index is 2.26. The Kier molecular flexibility index (Phi) is 5.92. The first kappa shape index (κ1) is 21.6. The summed E-state index contributed by atoms with van der Waals surface area (Å²) in [7, 11) is 3.21. The van der Waals surface area contributed by atoms with Gasteiger partial charge in [-0.15, -0.1) is 0 Å². The summed E-state index contributed by atoms with van der Waals surface area (Å²) >= 11 is 0. The number of nitrogens with two attached hydrogens (primary N) is 1. The second-order valence-electron chi connectivity index (χ2n) is 7.61. The van der Waals surface area contributed by atoms with E-state index in [0.29, 0.717) is 16.7 Å². The Morgan fingerprint density at radius 3 is 2.48 bits per heavy atom. The molecule has 1 unspecified atom stereocenters. The third kappa shape index (κ3) is 4.11. The quantitative estimate of drug-likeness (QED) is 0.555. The predicted molar refractivity (Wildman–Crippen MR) is 106 cm³/mol. The number of hydrogen-bond donors (Lipinski definition) is 1. The minimum absolute atomic E-state index is 0.0488. The summed E-state index contributed by atoms with van der Waals surface area (Å²) in [4.78, 5) is 12.0. The van der Waals surface area contributed by atoms with Gasteiger partial charge in [0, 0.05) is 16.3 Å². The topological polar surface area (TPSA) is 52.3 Å². The van der Waals surface area contributed by atoms with Gasteiger partial charge in [-0.05, 0) is 73.9 Å². The molecular weight excluding hydrogens is 395 g/mol. The highest BCUT2D eigenvalue weighted by atomic mass is 28.1. The summed E-state index contributed by atoms with van der Waals surface area (Å²) in [6.07, 6.45) is 1.10. The molecule has 29 heavy (non-hydrogen) atoms. The monoisotopic (exact) mass is 418 g/mol. The van der Waals surface area contributed by atoms with E-state index in [0.717, 1.165) is 12.8 Å². The lowest BCUT2D eigenvalue weighted by Crippen LogP contribution is -2.42. The van der Waals surface area contributed by atoms with Gasteiger partial charge in [0.25, 0.3) is 0 Å². The number of rotatable bonds is 6. The first-order chi connectivity index (χ1) is 13.6. The van der Waals surface area contributed by atoms with Crippen molar-refractivity contribution < 1.29 is 22.7 Å². The summed E-state index contributed by atoms with van der Waals surface area (Å²) in [5.74, 6) is -2.90. The van der Waals surface area contributed by atoms with Gasteiger partial charge in [0.05, 0.1) is 23.3 Å². The summed E-state index contributed by atoms with van der Waals surface area (Å²) in [6, 6.07) is 4.32. The zero-order chi connectivity index (χ0) is 21.5. The number of hydrogen-bond acceptors (Lipinski definition) is 3. The number of benzene rings is 2. The van der Waals surface area contributed by atoms with Gasteiger partial charge in [0.1, 0.15) is 17.5 Å². The van der Waals surface area contributed by atoms with Gasteiger partial charge in [-0.3, -0.25) is 4.79 Å². The highest BCUT2D eigenvalue weighted by Gasteiger charge is 2.38. The molecule has 0 spiro atoms. The molecule has 3 nitrogen and oxygen atoms in total. The molecule has 2 aromatic rings. The lowest BCUT2D eigenvalue weighted by Gasteiger charge is -2.28. The predicted octanol–water partition coefficient (Wildman–Crippen LogP) is 4.50. The van der Waals surface area contributed by atoms with Gasteiger partial charge in [-0.1, -0.05) is 6.07 Å². The third-order valence-electron chi connectivity index (χ3n) is 5.30. The van der Waals surface area contributed by atoms with Crippen molar-refractivity contribution >= 4 is 16.2 Å². The van der Waals surface area contributed by atoms with E-state index >= 15 is 8.78 Å². The van der Waals surface area contributed by atoms with E-state index < -0.39 is 40.6 Å². The van der Waals surface area contributed by atoms with Crippen LogP contribution in [-0.4, -0.2) is 22.8 Å². The molecule has 0 saturated heterocycles. The molecule has 1 atom stereocenters. The minimum Gasteiger partial charge on any atom is -0.466 e. The van der Waals surface area contributed by atoms with E-state index in [9.17, 15) is 9.18 Å². The van der Waals surface area contributed by atoms with E-state index in [4.69, 9.17) is 10.5 Å². The number of esters is 1. The third-order valence-corrected chi connectivity index (χ3v) is 5.72. The Bertz CT molecular complexity index is 971. The fourth-order valence-electron chi connectivity index (χ4n) is 3.69. The normalized spacial score (nSPS) is 15.9. The van der Waals surface area contributed by atoms with Crippen LogP contribution in [0.15, 0.2) is 18.2 Å². The van der Waals surface area contributed by atoms with Crippen LogP contribution < -0.4 is 5.73 Å². The Morgan fingerprint density at radius 2 is 1.90 bits per heavy atom. The van der Waals surface area contributed by atoms with Crippen molar-refractivity contribution in [1.29, 1.82) is 0 Å². The number of carbonyl (C=O) groups excluding carboxylic acids is 1. The number of carbonyl (C=O) groups is 1. The van der Waals surface area contributed by atoms with Gasteiger partial charge < -0.3 is 10.5 Å². The Hall–Kier alpha value is -2.12. The molecule has 2 aromatic carbocycles. The van der Waals surface area contributed by atoms with Crippen LogP contribution in [0.1, 0.15) is 54.4 Å². The van der Waals surface area contributed by atoms with Crippen molar-refractivity contribution in [3.8, 4) is 11.1 Å². The molecule has 0 aliphatic heterocycles. The average molecular weight is 419 g/mol.